The Bertz CT molecular complexity index is 264. The van der Waals surface area contributed by atoms with Crippen LogP contribution in [-0.4, -0.2) is 18.5 Å². The van der Waals surface area contributed by atoms with Crippen molar-refractivity contribution in [2.45, 2.75) is 19.8 Å². The van der Waals surface area contributed by atoms with Gasteiger partial charge in [0.1, 0.15) is 0 Å². The van der Waals surface area contributed by atoms with E-state index >= 15 is 0 Å². The van der Waals surface area contributed by atoms with E-state index in [1.807, 2.05) is 6.07 Å². The molecule has 0 bridgehead atoms. The van der Waals surface area contributed by atoms with Crippen LogP contribution in [0.25, 0.3) is 6.08 Å². The lowest BCUT2D eigenvalue weighted by molar-refractivity contribution is 0.444. The summed E-state index contributed by atoms with van der Waals surface area (Å²) in [5, 5.41) is 0. The summed E-state index contributed by atoms with van der Waals surface area (Å²) in [6, 6.07) is 10.4. The second-order valence-electron chi connectivity index (χ2n) is 3.56. The van der Waals surface area contributed by atoms with Crippen molar-refractivity contribution in [3.63, 3.8) is 0 Å². The Morgan fingerprint density at radius 2 is 1.93 bits per heavy atom. The van der Waals surface area contributed by atoms with Crippen LogP contribution >= 0.6 is 0 Å². The molecule has 0 aliphatic carbocycles. The van der Waals surface area contributed by atoms with Crippen molar-refractivity contribution in [2.75, 3.05) is 13.6 Å². The molecule has 0 atom stereocenters. The summed E-state index contributed by atoms with van der Waals surface area (Å²) < 4.78 is 0. The Morgan fingerprint density at radius 3 is 2.57 bits per heavy atom. The normalized spacial score (nSPS) is 10.7. The van der Waals surface area contributed by atoms with E-state index in [0.717, 1.165) is 6.54 Å². The Hall–Kier alpha value is -1.24. The fourth-order valence-electron chi connectivity index (χ4n) is 1.26. The van der Waals surface area contributed by atoms with Gasteiger partial charge < -0.3 is 4.90 Å². The number of benzene rings is 1. The van der Waals surface area contributed by atoms with Gasteiger partial charge in [-0.3, -0.25) is 0 Å². The van der Waals surface area contributed by atoms with E-state index in [0.29, 0.717) is 0 Å². The minimum absolute atomic E-state index is 1.14. The molecule has 0 N–H and O–H groups in total. The minimum Gasteiger partial charge on any atom is -0.380 e. The van der Waals surface area contributed by atoms with Gasteiger partial charge in [-0.25, -0.2) is 0 Å². The van der Waals surface area contributed by atoms with Gasteiger partial charge in [0.2, 0.25) is 0 Å². The van der Waals surface area contributed by atoms with Crippen molar-refractivity contribution in [3.05, 3.63) is 42.1 Å². The molecule has 0 unspecified atom stereocenters. The third kappa shape index (κ3) is 4.13. The third-order valence-electron chi connectivity index (χ3n) is 2.19. The molecule has 1 aromatic carbocycles. The number of hydrogen-bond donors (Lipinski definition) is 0. The van der Waals surface area contributed by atoms with Gasteiger partial charge in [-0.1, -0.05) is 43.7 Å². The van der Waals surface area contributed by atoms with Crippen LogP contribution in [0.15, 0.2) is 36.5 Å². The average molecular weight is 189 g/mol. The van der Waals surface area contributed by atoms with Crippen molar-refractivity contribution in [3.8, 4) is 0 Å². The summed E-state index contributed by atoms with van der Waals surface area (Å²) in [4.78, 5) is 2.23. The van der Waals surface area contributed by atoms with Crippen LogP contribution in [0.5, 0.6) is 0 Å². The summed E-state index contributed by atoms with van der Waals surface area (Å²) in [6.45, 7) is 3.36. The highest BCUT2D eigenvalue weighted by Crippen LogP contribution is 2.02. The maximum absolute atomic E-state index is 2.23. The van der Waals surface area contributed by atoms with E-state index in [1.165, 1.54) is 18.4 Å². The number of hydrogen-bond acceptors (Lipinski definition) is 1. The van der Waals surface area contributed by atoms with E-state index in [2.05, 4.69) is 55.4 Å². The van der Waals surface area contributed by atoms with Crippen molar-refractivity contribution in [2.24, 2.45) is 0 Å². The first-order chi connectivity index (χ1) is 6.83. The summed E-state index contributed by atoms with van der Waals surface area (Å²) in [5.41, 5.74) is 1.26. The molecule has 0 aliphatic heterocycles. The summed E-state index contributed by atoms with van der Waals surface area (Å²) in [5.74, 6) is 0. The highest BCUT2D eigenvalue weighted by Gasteiger charge is 1.89. The lowest BCUT2D eigenvalue weighted by Gasteiger charge is -2.12. The van der Waals surface area contributed by atoms with E-state index in [-0.39, 0.29) is 0 Å². The van der Waals surface area contributed by atoms with Gasteiger partial charge in [0.25, 0.3) is 0 Å². The van der Waals surface area contributed by atoms with Crippen LogP contribution in [0.1, 0.15) is 25.3 Å². The predicted molar refractivity (Wildman–Crippen MR) is 63.0 cm³/mol. The first-order valence-corrected chi connectivity index (χ1v) is 5.26. The fraction of sp³-hybridized carbons (Fsp3) is 0.385. The standard InChI is InChI=1S/C13H19N/c1-3-4-11-14(2)12-10-13-8-6-5-7-9-13/h5-10,12H,3-4,11H2,1-2H3/b12-10+. The Morgan fingerprint density at radius 1 is 1.21 bits per heavy atom. The molecule has 0 saturated carbocycles. The summed E-state index contributed by atoms with van der Waals surface area (Å²) >= 11 is 0. The fourth-order valence-corrected chi connectivity index (χ4v) is 1.26. The number of rotatable bonds is 5. The lowest BCUT2D eigenvalue weighted by atomic mass is 10.2. The Kier molecular flexibility index (Phi) is 4.84. The average Bonchev–Trinajstić information content (AvgIpc) is 2.25. The Balaban J connectivity index is 2.39. The molecule has 0 radical (unpaired) electrons. The molecule has 0 aromatic heterocycles. The highest BCUT2D eigenvalue weighted by molar-refractivity contribution is 5.48. The molecule has 0 fully saturated rings. The number of unbranched alkanes of at least 4 members (excludes halogenated alkanes) is 1. The molecule has 1 nitrogen and oxygen atoms in total. The van der Waals surface area contributed by atoms with Crippen LogP contribution in [-0.2, 0) is 0 Å². The van der Waals surface area contributed by atoms with Crippen LogP contribution in [0.4, 0.5) is 0 Å². The van der Waals surface area contributed by atoms with Crippen molar-refractivity contribution >= 4 is 6.08 Å². The molecule has 14 heavy (non-hydrogen) atoms. The zero-order valence-corrected chi connectivity index (χ0v) is 9.11. The number of nitrogens with zero attached hydrogens (tertiary/aromatic N) is 1. The van der Waals surface area contributed by atoms with Gasteiger partial charge in [-0.15, -0.1) is 0 Å². The van der Waals surface area contributed by atoms with Gasteiger partial charge in [0, 0.05) is 13.6 Å². The predicted octanol–water partition coefficient (Wildman–Crippen LogP) is 3.39. The SMILES string of the molecule is CCCCN(C)/C=C/c1ccccc1. The van der Waals surface area contributed by atoms with E-state index < -0.39 is 0 Å². The molecule has 0 spiro atoms. The topological polar surface area (TPSA) is 3.24 Å². The molecule has 0 amide bonds. The lowest BCUT2D eigenvalue weighted by Crippen LogP contribution is -2.11. The zero-order valence-electron chi connectivity index (χ0n) is 9.11. The van der Waals surface area contributed by atoms with Crippen molar-refractivity contribution in [1.29, 1.82) is 0 Å². The van der Waals surface area contributed by atoms with Crippen LogP contribution in [0.2, 0.25) is 0 Å². The van der Waals surface area contributed by atoms with Crippen LogP contribution in [0.3, 0.4) is 0 Å². The molecule has 0 aliphatic rings. The smallest absolute Gasteiger partial charge is 0.0169 e. The summed E-state index contributed by atoms with van der Waals surface area (Å²) in [7, 11) is 2.12. The molecule has 1 rings (SSSR count). The molecule has 0 heterocycles. The second-order valence-corrected chi connectivity index (χ2v) is 3.56. The molecular formula is C13H19N. The molecule has 76 valence electrons. The van der Waals surface area contributed by atoms with Gasteiger partial charge in [0.15, 0.2) is 0 Å². The summed E-state index contributed by atoms with van der Waals surface area (Å²) in [6.07, 6.45) is 6.81. The van der Waals surface area contributed by atoms with E-state index in [4.69, 9.17) is 0 Å². The van der Waals surface area contributed by atoms with E-state index in [1.54, 1.807) is 0 Å². The molecule has 1 heteroatoms. The largest absolute Gasteiger partial charge is 0.380 e. The maximum atomic E-state index is 2.23. The Labute approximate surface area is 87.1 Å². The van der Waals surface area contributed by atoms with Gasteiger partial charge >= 0.3 is 0 Å². The van der Waals surface area contributed by atoms with Gasteiger partial charge in [0.05, 0.1) is 0 Å². The van der Waals surface area contributed by atoms with Gasteiger partial charge in [-0.05, 0) is 24.3 Å². The third-order valence-corrected chi connectivity index (χ3v) is 2.19. The monoisotopic (exact) mass is 189 g/mol. The second kappa shape index (κ2) is 6.25. The molecule has 1 aromatic rings. The van der Waals surface area contributed by atoms with Gasteiger partial charge in [-0.2, -0.15) is 0 Å². The highest BCUT2D eigenvalue weighted by atomic mass is 15.1. The molecule has 0 saturated heterocycles. The minimum atomic E-state index is 1.14. The van der Waals surface area contributed by atoms with Crippen molar-refractivity contribution < 1.29 is 0 Å². The first kappa shape index (κ1) is 10.8. The maximum Gasteiger partial charge on any atom is 0.0169 e. The van der Waals surface area contributed by atoms with Crippen LogP contribution < -0.4 is 0 Å². The van der Waals surface area contributed by atoms with Crippen molar-refractivity contribution in [1.82, 2.24) is 4.90 Å². The zero-order chi connectivity index (χ0) is 10.2. The van der Waals surface area contributed by atoms with Crippen LogP contribution in [0, 0.1) is 0 Å². The molecular weight excluding hydrogens is 170 g/mol. The van der Waals surface area contributed by atoms with E-state index in [9.17, 15) is 0 Å². The quantitative estimate of drug-likeness (QED) is 0.686. The first-order valence-electron chi connectivity index (χ1n) is 5.26.